The minimum absolute atomic E-state index is 0.873. The molecule has 0 fully saturated rings. The molecule has 2 heteroatoms. The van der Waals surface area contributed by atoms with Gasteiger partial charge >= 0.3 is 0 Å². The lowest BCUT2D eigenvalue weighted by Gasteiger charge is -2.14. The van der Waals surface area contributed by atoms with Crippen LogP contribution >= 0.6 is 0 Å². The molecule has 0 unspecified atom stereocenters. The van der Waals surface area contributed by atoms with E-state index in [4.69, 9.17) is 0 Å². The van der Waals surface area contributed by atoms with Crippen LogP contribution < -0.4 is 0 Å². The summed E-state index contributed by atoms with van der Waals surface area (Å²) in [7, 11) is 0. The molecule has 344 valence electrons. The highest BCUT2D eigenvalue weighted by Crippen LogP contribution is 2.18. The molecular formula is C55H113NO. The van der Waals surface area contributed by atoms with Crippen molar-refractivity contribution in [3.63, 3.8) is 0 Å². The van der Waals surface area contributed by atoms with Crippen LogP contribution in [0.3, 0.4) is 0 Å². The van der Waals surface area contributed by atoms with Crippen molar-refractivity contribution in [2.24, 2.45) is 0 Å². The highest BCUT2D eigenvalue weighted by Gasteiger charge is 2.02. The molecule has 0 aliphatic heterocycles. The van der Waals surface area contributed by atoms with Crippen LogP contribution in [-0.4, -0.2) is 23.4 Å². The molecule has 0 aromatic heterocycles. The van der Waals surface area contributed by atoms with Crippen LogP contribution in [0.5, 0.6) is 0 Å². The van der Waals surface area contributed by atoms with Crippen LogP contribution in [0.15, 0.2) is 0 Å². The third kappa shape index (κ3) is 53.9. The summed E-state index contributed by atoms with van der Waals surface area (Å²) in [6.07, 6.45) is 73.3. The van der Waals surface area contributed by atoms with Gasteiger partial charge in [0.15, 0.2) is 0 Å². The van der Waals surface area contributed by atoms with E-state index in [1.54, 1.807) is 5.06 Å². The summed E-state index contributed by atoms with van der Waals surface area (Å²) in [6, 6.07) is 0. The molecule has 1 N–H and O–H groups in total. The Morgan fingerprint density at radius 1 is 0.175 bits per heavy atom. The maximum absolute atomic E-state index is 10.2. The average molecular weight is 805 g/mol. The van der Waals surface area contributed by atoms with Gasteiger partial charge in [0, 0.05) is 13.1 Å². The number of nitrogens with zero attached hydrogens (tertiary/aromatic N) is 1. The standard InChI is InChI=1S/C55H113NO/c1-3-5-7-9-11-13-15-17-19-21-22-23-24-25-26-27-28-29-30-31-32-33-34-35-36-37-38-39-41-43-45-47-49-51-53-55-56(57)54-52-50-48-46-44-42-40-20-18-16-14-12-10-8-6-4-2/h57H,3-55H2,1-2H3. The van der Waals surface area contributed by atoms with Gasteiger partial charge in [0.05, 0.1) is 0 Å². The smallest absolute Gasteiger partial charge is 0.0238 e. The summed E-state index contributed by atoms with van der Waals surface area (Å²) in [5.41, 5.74) is 0. The Morgan fingerprint density at radius 2 is 0.281 bits per heavy atom. The minimum Gasteiger partial charge on any atom is -0.314 e. The van der Waals surface area contributed by atoms with E-state index in [9.17, 15) is 5.21 Å². The molecule has 57 heavy (non-hydrogen) atoms. The van der Waals surface area contributed by atoms with Crippen molar-refractivity contribution in [2.45, 2.75) is 341 Å². The first-order chi connectivity index (χ1) is 28.3. The maximum Gasteiger partial charge on any atom is 0.0238 e. The lowest BCUT2D eigenvalue weighted by molar-refractivity contribution is -0.0925. The zero-order chi connectivity index (χ0) is 41.1. The van der Waals surface area contributed by atoms with E-state index in [0.29, 0.717) is 0 Å². The van der Waals surface area contributed by atoms with Crippen molar-refractivity contribution < 1.29 is 5.21 Å². The first-order valence-electron chi connectivity index (χ1n) is 27.7. The summed E-state index contributed by atoms with van der Waals surface area (Å²) in [5, 5.41) is 11.8. The van der Waals surface area contributed by atoms with E-state index in [2.05, 4.69) is 13.8 Å². The van der Waals surface area contributed by atoms with Gasteiger partial charge in [0.25, 0.3) is 0 Å². The average Bonchev–Trinajstić information content (AvgIpc) is 3.22. The highest BCUT2D eigenvalue weighted by atomic mass is 16.5. The third-order valence-corrected chi connectivity index (χ3v) is 13.3. The van der Waals surface area contributed by atoms with Crippen molar-refractivity contribution in [3.8, 4) is 0 Å². The van der Waals surface area contributed by atoms with E-state index < -0.39 is 0 Å². The number of hydrogen-bond acceptors (Lipinski definition) is 2. The van der Waals surface area contributed by atoms with Gasteiger partial charge in [-0.25, -0.2) is 0 Å². The number of hydrogen-bond donors (Lipinski definition) is 1. The summed E-state index contributed by atoms with van der Waals surface area (Å²) >= 11 is 0. The quantitative estimate of drug-likeness (QED) is 0.0489. The minimum atomic E-state index is 0.873. The monoisotopic (exact) mass is 804 g/mol. The highest BCUT2D eigenvalue weighted by molar-refractivity contribution is 4.55. The second-order valence-electron chi connectivity index (χ2n) is 19.3. The first kappa shape index (κ1) is 56.9. The first-order valence-corrected chi connectivity index (χ1v) is 27.7. The Morgan fingerprint density at radius 3 is 0.404 bits per heavy atom. The largest absolute Gasteiger partial charge is 0.314 e. The number of rotatable bonds is 53. The van der Waals surface area contributed by atoms with Crippen molar-refractivity contribution in [3.05, 3.63) is 0 Å². The normalized spacial score (nSPS) is 11.8. The molecule has 2 nitrogen and oxygen atoms in total. The molecular weight excluding hydrogens is 691 g/mol. The summed E-state index contributed by atoms with van der Waals surface area (Å²) in [4.78, 5) is 0. The van der Waals surface area contributed by atoms with Crippen LogP contribution in [0.4, 0.5) is 0 Å². The predicted octanol–water partition coefficient (Wildman–Crippen LogP) is 20.6. The van der Waals surface area contributed by atoms with Crippen LogP contribution in [0.2, 0.25) is 0 Å². The molecule has 0 aromatic rings. The van der Waals surface area contributed by atoms with Gasteiger partial charge < -0.3 is 5.21 Å². The van der Waals surface area contributed by atoms with Gasteiger partial charge in [0.1, 0.15) is 0 Å². The SMILES string of the molecule is CCCCCCCCCCCCCCCCCCCCCCCCCCCCCCCCCCCCCN(O)CCCCCCCCCCCCCCCCCC. The van der Waals surface area contributed by atoms with Crippen molar-refractivity contribution in [1.29, 1.82) is 0 Å². The van der Waals surface area contributed by atoms with Gasteiger partial charge in [0.2, 0.25) is 0 Å². The molecule has 0 aliphatic carbocycles. The molecule has 0 radical (unpaired) electrons. The lowest BCUT2D eigenvalue weighted by atomic mass is 10.0. The zero-order valence-corrected chi connectivity index (χ0v) is 40.4. The van der Waals surface area contributed by atoms with Crippen molar-refractivity contribution in [1.82, 2.24) is 5.06 Å². The van der Waals surface area contributed by atoms with Crippen LogP contribution in [0.25, 0.3) is 0 Å². The van der Waals surface area contributed by atoms with E-state index in [1.807, 2.05) is 0 Å². The van der Waals surface area contributed by atoms with E-state index >= 15 is 0 Å². The van der Waals surface area contributed by atoms with Gasteiger partial charge in [-0.2, -0.15) is 5.06 Å². The molecule has 0 saturated heterocycles. The van der Waals surface area contributed by atoms with Gasteiger partial charge in [-0.15, -0.1) is 0 Å². The Kier molecular flexibility index (Phi) is 53.9. The second-order valence-corrected chi connectivity index (χ2v) is 19.3. The summed E-state index contributed by atoms with van der Waals surface area (Å²) in [6.45, 7) is 6.36. The topological polar surface area (TPSA) is 23.5 Å². The van der Waals surface area contributed by atoms with E-state index in [-0.39, 0.29) is 0 Å². The van der Waals surface area contributed by atoms with E-state index in [0.717, 1.165) is 25.9 Å². The summed E-state index contributed by atoms with van der Waals surface area (Å²) < 4.78 is 0. The molecule has 0 spiro atoms. The van der Waals surface area contributed by atoms with Crippen molar-refractivity contribution >= 4 is 0 Å². The maximum atomic E-state index is 10.2. The van der Waals surface area contributed by atoms with Crippen LogP contribution in [0.1, 0.15) is 341 Å². The van der Waals surface area contributed by atoms with Gasteiger partial charge in [-0.1, -0.05) is 328 Å². The summed E-state index contributed by atoms with van der Waals surface area (Å²) in [5.74, 6) is 0. The predicted molar refractivity (Wildman–Crippen MR) is 260 cm³/mol. The Labute approximate surface area is 363 Å². The molecule has 0 aromatic carbocycles. The molecule has 0 heterocycles. The van der Waals surface area contributed by atoms with Crippen molar-refractivity contribution in [2.75, 3.05) is 13.1 Å². The van der Waals surface area contributed by atoms with Crippen LogP contribution in [-0.2, 0) is 0 Å². The third-order valence-electron chi connectivity index (χ3n) is 13.3. The number of unbranched alkanes of at least 4 members (excludes halogenated alkanes) is 49. The van der Waals surface area contributed by atoms with Gasteiger partial charge in [-0.3, -0.25) is 0 Å². The number of hydroxylamine groups is 2. The van der Waals surface area contributed by atoms with Crippen LogP contribution in [0, 0.1) is 0 Å². The van der Waals surface area contributed by atoms with E-state index in [1.165, 1.54) is 315 Å². The second kappa shape index (κ2) is 53.9. The Balaban J connectivity index is 3.12. The Bertz CT molecular complexity index is 665. The Hall–Kier alpha value is -0.0800. The fourth-order valence-electron chi connectivity index (χ4n) is 9.16. The van der Waals surface area contributed by atoms with Gasteiger partial charge in [-0.05, 0) is 12.8 Å². The molecule has 0 amide bonds. The molecule has 0 aliphatic rings. The molecule has 0 rings (SSSR count). The zero-order valence-electron chi connectivity index (χ0n) is 40.4. The fraction of sp³-hybridized carbons (Fsp3) is 1.00. The molecule has 0 bridgehead atoms. The molecule has 0 saturated carbocycles. The fourth-order valence-corrected chi connectivity index (χ4v) is 9.16. The molecule has 0 atom stereocenters. The lowest BCUT2D eigenvalue weighted by Crippen LogP contribution is -2.21.